The third-order valence-electron chi connectivity index (χ3n) is 4.66. The Kier molecular flexibility index (Phi) is 1.95. The maximum Gasteiger partial charge on any atom is 0.334 e. The van der Waals surface area contributed by atoms with Gasteiger partial charge in [-0.25, -0.2) is 4.79 Å². The normalized spacial score (nSPS) is 44.5. The summed E-state index contributed by atoms with van der Waals surface area (Å²) in [5.74, 6) is 0.839. The fourth-order valence-corrected chi connectivity index (χ4v) is 3.96. The quantitative estimate of drug-likeness (QED) is 0.450. The van der Waals surface area contributed by atoms with Crippen LogP contribution in [0.2, 0.25) is 0 Å². The average molecular weight is 206 g/mol. The first kappa shape index (κ1) is 9.44. The number of carbonyl (C=O) groups is 1. The van der Waals surface area contributed by atoms with Gasteiger partial charge in [0.1, 0.15) is 5.60 Å². The Labute approximate surface area is 90.7 Å². The molecule has 3 fully saturated rings. The van der Waals surface area contributed by atoms with Gasteiger partial charge in [0, 0.05) is 11.5 Å². The Bertz CT molecular complexity index is 318. The second-order valence-electron chi connectivity index (χ2n) is 5.30. The highest BCUT2D eigenvalue weighted by Crippen LogP contribution is 2.55. The molecule has 2 saturated carbocycles. The molecule has 1 heterocycles. The van der Waals surface area contributed by atoms with Crippen molar-refractivity contribution in [1.82, 2.24) is 0 Å². The van der Waals surface area contributed by atoms with Crippen molar-refractivity contribution < 1.29 is 9.53 Å². The van der Waals surface area contributed by atoms with Gasteiger partial charge in [-0.3, -0.25) is 0 Å². The van der Waals surface area contributed by atoms with E-state index in [0.717, 1.165) is 18.4 Å². The second-order valence-corrected chi connectivity index (χ2v) is 5.30. The minimum Gasteiger partial charge on any atom is -0.455 e. The van der Waals surface area contributed by atoms with Gasteiger partial charge in [0.2, 0.25) is 0 Å². The van der Waals surface area contributed by atoms with Crippen LogP contribution >= 0.6 is 0 Å². The van der Waals surface area contributed by atoms with Crippen LogP contribution in [0, 0.1) is 11.8 Å². The average Bonchev–Trinajstić information content (AvgIpc) is 2.50. The predicted octanol–water partition coefficient (Wildman–Crippen LogP) is 2.83. The summed E-state index contributed by atoms with van der Waals surface area (Å²) in [5, 5.41) is 0. The Morgan fingerprint density at radius 3 is 2.87 bits per heavy atom. The number of rotatable bonds is 0. The molecule has 1 spiro atoms. The van der Waals surface area contributed by atoms with E-state index in [9.17, 15) is 4.79 Å². The molecule has 0 aromatic rings. The first-order chi connectivity index (χ1) is 7.24. The molecule has 0 unspecified atom stereocenters. The molecule has 0 N–H and O–H groups in total. The van der Waals surface area contributed by atoms with Crippen molar-refractivity contribution in [3.63, 3.8) is 0 Å². The molecule has 3 aliphatic rings. The van der Waals surface area contributed by atoms with Crippen LogP contribution in [-0.2, 0) is 9.53 Å². The molecular formula is C13H18O2. The van der Waals surface area contributed by atoms with E-state index in [0.29, 0.717) is 11.8 Å². The molecule has 3 atom stereocenters. The van der Waals surface area contributed by atoms with E-state index in [1.54, 1.807) is 0 Å². The van der Waals surface area contributed by atoms with Gasteiger partial charge in [-0.1, -0.05) is 19.4 Å². The number of hydrogen-bond donors (Lipinski definition) is 0. The smallest absolute Gasteiger partial charge is 0.334 e. The maximum atomic E-state index is 11.7. The fourth-order valence-electron chi connectivity index (χ4n) is 3.96. The minimum atomic E-state index is -0.120. The van der Waals surface area contributed by atoms with Crippen LogP contribution in [0.25, 0.3) is 0 Å². The minimum absolute atomic E-state index is 0.117. The molecular weight excluding hydrogens is 188 g/mol. The molecule has 2 aliphatic carbocycles. The number of esters is 1. The monoisotopic (exact) mass is 206 g/mol. The Morgan fingerprint density at radius 1 is 1.20 bits per heavy atom. The molecule has 1 saturated heterocycles. The van der Waals surface area contributed by atoms with Crippen molar-refractivity contribution >= 4 is 5.97 Å². The van der Waals surface area contributed by atoms with Crippen LogP contribution in [0.15, 0.2) is 12.2 Å². The van der Waals surface area contributed by atoms with Crippen molar-refractivity contribution in [1.29, 1.82) is 0 Å². The Balaban J connectivity index is 2.00. The zero-order valence-electron chi connectivity index (χ0n) is 9.13. The van der Waals surface area contributed by atoms with Crippen LogP contribution in [0.4, 0.5) is 0 Å². The zero-order valence-corrected chi connectivity index (χ0v) is 9.13. The van der Waals surface area contributed by atoms with E-state index >= 15 is 0 Å². The molecule has 2 nitrogen and oxygen atoms in total. The van der Waals surface area contributed by atoms with E-state index in [1.807, 2.05) is 0 Å². The van der Waals surface area contributed by atoms with Gasteiger partial charge < -0.3 is 4.74 Å². The first-order valence-electron chi connectivity index (χ1n) is 6.16. The summed E-state index contributed by atoms with van der Waals surface area (Å²) in [6, 6.07) is 0. The second kappa shape index (κ2) is 3.10. The highest BCUT2D eigenvalue weighted by Gasteiger charge is 2.57. The Hall–Kier alpha value is -0.790. The summed E-state index contributed by atoms with van der Waals surface area (Å²) in [4.78, 5) is 11.7. The molecule has 3 rings (SSSR count). The maximum absolute atomic E-state index is 11.7. The molecule has 0 amide bonds. The Morgan fingerprint density at radius 2 is 2.00 bits per heavy atom. The molecule has 82 valence electrons. The van der Waals surface area contributed by atoms with Crippen molar-refractivity contribution in [2.45, 2.75) is 50.5 Å². The standard InChI is InChI=1S/C13H18O2/c1-9-11-7-4-6-10-5-2-3-8-13(10,11)15-12(9)14/h10-11H,1-8H2/t10-,11-,13-/m1/s1. The van der Waals surface area contributed by atoms with Gasteiger partial charge in [-0.05, 0) is 38.0 Å². The van der Waals surface area contributed by atoms with Gasteiger partial charge in [0.25, 0.3) is 0 Å². The lowest BCUT2D eigenvalue weighted by molar-refractivity contribution is -0.162. The number of ether oxygens (including phenoxy) is 1. The van der Waals surface area contributed by atoms with E-state index in [-0.39, 0.29) is 11.6 Å². The fraction of sp³-hybridized carbons (Fsp3) is 0.769. The predicted molar refractivity (Wildman–Crippen MR) is 57.3 cm³/mol. The van der Waals surface area contributed by atoms with Crippen LogP contribution in [0.5, 0.6) is 0 Å². The third-order valence-corrected chi connectivity index (χ3v) is 4.66. The lowest BCUT2D eigenvalue weighted by atomic mass is 9.61. The summed E-state index contributed by atoms with van der Waals surface area (Å²) in [5.41, 5.74) is 0.631. The lowest BCUT2D eigenvalue weighted by Gasteiger charge is -2.46. The van der Waals surface area contributed by atoms with Crippen molar-refractivity contribution in [3.8, 4) is 0 Å². The largest absolute Gasteiger partial charge is 0.455 e. The van der Waals surface area contributed by atoms with Crippen LogP contribution in [0.1, 0.15) is 44.9 Å². The highest BCUT2D eigenvalue weighted by atomic mass is 16.6. The number of carbonyl (C=O) groups excluding carboxylic acids is 1. The number of hydrogen-bond acceptors (Lipinski definition) is 2. The summed E-state index contributed by atoms with van der Waals surface area (Å²) in [6.07, 6.45) is 8.45. The third kappa shape index (κ3) is 1.14. The van der Waals surface area contributed by atoms with Crippen LogP contribution < -0.4 is 0 Å². The van der Waals surface area contributed by atoms with Crippen molar-refractivity contribution in [2.24, 2.45) is 11.8 Å². The summed E-state index contributed by atoms with van der Waals surface area (Å²) < 4.78 is 5.73. The van der Waals surface area contributed by atoms with Gasteiger partial charge in [0.15, 0.2) is 0 Å². The van der Waals surface area contributed by atoms with E-state index in [2.05, 4.69) is 6.58 Å². The first-order valence-corrected chi connectivity index (χ1v) is 6.16. The van der Waals surface area contributed by atoms with Crippen molar-refractivity contribution in [2.75, 3.05) is 0 Å². The topological polar surface area (TPSA) is 26.3 Å². The molecule has 2 heteroatoms. The van der Waals surface area contributed by atoms with Crippen molar-refractivity contribution in [3.05, 3.63) is 12.2 Å². The van der Waals surface area contributed by atoms with Crippen LogP contribution in [-0.4, -0.2) is 11.6 Å². The summed E-state index contributed by atoms with van der Waals surface area (Å²) >= 11 is 0. The molecule has 0 radical (unpaired) electrons. The summed E-state index contributed by atoms with van der Waals surface area (Å²) in [6.45, 7) is 3.93. The van der Waals surface area contributed by atoms with Crippen LogP contribution in [0.3, 0.4) is 0 Å². The molecule has 1 aliphatic heterocycles. The molecule has 15 heavy (non-hydrogen) atoms. The lowest BCUT2D eigenvalue weighted by Crippen LogP contribution is -2.48. The van der Waals surface area contributed by atoms with E-state index in [4.69, 9.17) is 4.74 Å². The van der Waals surface area contributed by atoms with E-state index in [1.165, 1.54) is 32.1 Å². The van der Waals surface area contributed by atoms with Gasteiger partial charge in [0.05, 0.1) is 0 Å². The summed E-state index contributed by atoms with van der Waals surface area (Å²) in [7, 11) is 0. The molecule has 0 bridgehead atoms. The zero-order chi connectivity index (χ0) is 10.5. The van der Waals surface area contributed by atoms with Gasteiger partial charge >= 0.3 is 5.97 Å². The van der Waals surface area contributed by atoms with Gasteiger partial charge in [-0.15, -0.1) is 0 Å². The SMILES string of the molecule is C=C1C(=O)O[C@]23CCCC[C@@H]2CCC[C@H]13. The molecule has 0 aromatic carbocycles. The molecule has 0 aromatic heterocycles. The van der Waals surface area contributed by atoms with Gasteiger partial charge in [-0.2, -0.15) is 0 Å². The van der Waals surface area contributed by atoms with E-state index < -0.39 is 0 Å². The highest BCUT2D eigenvalue weighted by molar-refractivity contribution is 5.91.